The van der Waals surface area contributed by atoms with E-state index in [-0.39, 0.29) is 0 Å². The first-order valence-electron chi connectivity index (χ1n) is 5.68. The molecule has 0 aliphatic rings. The van der Waals surface area contributed by atoms with Crippen LogP contribution in [0.2, 0.25) is 5.31 Å². The van der Waals surface area contributed by atoms with Gasteiger partial charge in [0.2, 0.25) is 0 Å². The molecule has 0 bridgehead atoms. The number of rotatable bonds is 7. The highest BCUT2D eigenvalue weighted by molar-refractivity contribution is 7.57. The van der Waals surface area contributed by atoms with Crippen LogP contribution >= 0.6 is 0 Å². The second kappa shape index (κ2) is 6.86. The molecule has 0 spiro atoms. The first-order chi connectivity index (χ1) is 5.68. The average Bonchev–Trinajstić information content (AvgIpc) is 2.12. The van der Waals surface area contributed by atoms with Gasteiger partial charge in [0.1, 0.15) is 0 Å². The maximum Gasteiger partial charge on any atom is 0.0850 e. The standard InChI is InChI=1S/C6H20B6/c1-4-6(3,5-2)8-10-12-11-9-7/h8-12H,4-5,7H2,1-3H3. The summed E-state index contributed by atoms with van der Waals surface area (Å²) < 4.78 is 0. The number of hydrogen-bond donors (Lipinski definition) is 0. The largest absolute Gasteiger partial charge is 0.0850 e. The van der Waals surface area contributed by atoms with Crippen LogP contribution in [0, 0.1) is 0 Å². The van der Waals surface area contributed by atoms with Gasteiger partial charge >= 0.3 is 0 Å². The summed E-state index contributed by atoms with van der Waals surface area (Å²) in [6.45, 7) is 7.07. The fraction of sp³-hybridized carbons (Fsp3) is 1.00. The van der Waals surface area contributed by atoms with Crippen molar-refractivity contribution < 1.29 is 0 Å². The van der Waals surface area contributed by atoms with Crippen LogP contribution in [0.3, 0.4) is 0 Å². The molecule has 0 heterocycles. The van der Waals surface area contributed by atoms with E-state index in [9.17, 15) is 0 Å². The lowest BCUT2D eigenvalue weighted by Gasteiger charge is -2.25. The third-order valence-corrected chi connectivity index (χ3v) is 3.34. The van der Waals surface area contributed by atoms with E-state index < -0.39 is 0 Å². The highest BCUT2D eigenvalue weighted by atomic mass is 14.1. The molecule has 0 atom stereocenters. The predicted molar refractivity (Wildman–Crippen MR) is 73.2 cm³/mol. The molecule has 0 rings (SSSR count). The Bertz CT molecular complexity index is 102. The molecule has 0 unspecified atom stereocenters. The van der Waals surface area contributed by atoms with Crippen LogP contribution in [0.1, 0.15) is 33.6 Å². The summed E-state index contributed by atoms with van der Waals surface area (Å²) in [6, 6.07) is 0. The molecule has 0 nitrogen and oxygen atoms in total. The first-order valence-corrected chi connectivity index (χ1v) is 5.68. The van der Waals surface area contributed by atoms with E-state index >= 15 is 0 Å². The zero-order chi connectivity index (χ0) is 9.45. The predicted octanol–water partition coefficient (Wildman–Crippen LogP) is -1.62. The summed E-state index contributed by atoms with van der Waals surface area (Å²) in [6.07, 6.45) is 2.69. The van der Waals surface area contributed by atoms with Gasteiger partial charge in [0.05, 0.1) is 14.9 Å². The van der Waals surface area contributed by atoms with Crippen molar-refractivity contribution in [2.24, 2.45) is 0 Å². The lowest BCUT2D eigenvalue weighted by molar-refractivity contribution is 0.568. The van der Waals surface area contributed by atoms with Crippen molar-refractivity contribution >= 4 is 43.2 Å². The highest BCUT2D eigenvalue weighted by Gasteiger charge is 2.19. The summed E-state index contributed by atoms with van der Waals surface area (Å²) in [5.74, 6) is 0. The smallest absolute Gasteiger partial charge is 0.0673 e. The Labute approximate surface area is 82.6 Å². The van der Waals surface area contributed by atoms with Gasteiger partial charge in [-0.25, -0.2) is 0 Å². The van der Waals surface area contributed by atoms with E-state index in [1.807, 2.05) is 0 Å². The van der Waals surface area contributed by atoms with Crippen molar-refractivity contribution in [2.45, 2.75) is 38.9 Å². The van der Waals surface area contributed by atoms with Crippen molar-refractivity contribution in [3.05, 3.63) is 0 Å². The van der Waals surface area contributed by atoms with Gasteiger partial charge in [-0.15, -0.1) is 0 Å². The molecule has 6 heteroatoms. The average molecular weight is 157 g/mol. The maximum atomic E-state index is 2.43. The minimum atomic E-state index is 0.633. The molecule has 0 radical (unpaired) electrons. The van der Waals surface area contributed by atoms with Crippen LogP contribution < -0.4 is 0 Å². The molecule has 12 heavy (non-hydrogen) atoms. The third-order valence-electron chi connectivity index (χ3n) is 3.34. The Morgan fingerprint density at radius 1 is 1.08 bits per heavy atom. The molecule has 0 fully saturated rings. The van der Waals surface area contributed by atoms with E-state index in [1.54, 1.807) is 0 Å². The lowest BCUT2D eigenvalue weighted by Crippen LogP contribution is -2.29. The van der Waals surface area contributed by atoms with Crippen LogP contribution in [-0.2, 0) is 0 Å². The van der Waals surface area contributed by atoms with Crippen molar-refractivity contribution in [3.8, 4) is 0 Å². The summed E-state index contributed by atoms with van der Waals surface area (Å²) >= 11 is 0. The van der Waals surface area contributed by atoms with Crippen LogP contribution in [0.4, 0.5) is 0 Å². The molecule has 0 aliphatic carbocycles. The Hall–Kier alpha value is 0.390. The molecule has 0 saturated heterocycles. The lowest BCUT2D eigenvalue weighted by atomic mass is 8.97. The van der Waals surface area contributed by atoms with Gasteiger partial charge in [0, 0.05) is 28.2 Å². The molecule has 0 aromatic carbocycles. The molecular weight excluding hydrogens is 137 g/mol. The van der Waals surface area contributed by atoms with Crippen LogP contribution in [0.5, 0.6) is 0 Å². The minimum absolute atomic E-state index is 0.633. The van der Waals surface area contributed by atoms with Gasteiger partial charge in [0.15, 0.2) is 0 Å². The monoisotopic (exact) mass is 158 g/mol. The first kappa shape index (κ1) is 12.4. The van der Waals surface area contributed by atoms with Crippen molar-refractivity contribution in [3.63, 3.8) is 0 Å². The Morgan fingerprint density at radius 3 is 2.08 bits per heavy atom. The zero-order valence-corrected chi connectivity index (χ0v) is 9.45. The summed E-state index contributed by atoms with van der Waals surface area (Å²) in [4.78, 5) is 0. The Morgan fingerprint density at radius 2 is 1.67 bits per heavy atom. The van der Waals surface area contributed by atoms with Crippen LogP contribution in [0.15, 0.2) is 0 Å². The molecular formula is C6H20B6. The molecule has 0 aliphatic heterocycles. The van der Waals surface area contributed by atoms with E-state index in [0.717, 1.165) is 0 Å². The maximum absolute atomic E-state index is 2.43. The highest BCUT2D eigenvalue weighted by Crippen LogP contribution is 2.31. The van der Waals surface area contributed by atoms with Crippen molar-refractivity contribution in [1.29, 1.82) is 0 Å². The normalized spacial score (nSPS) is 10.2. The molecule has 0 saturated carbocycles. The molecule has 0 aromatic rings. The van der Waals surface area contributed by atoms with Gasteiger partial charge in [0.25, 0.3) is 0 Å². The second-order valence-corrected chi connectivity index (χ2v) is 4.33. The van der Waals surface area contributed by atoms with E-state index in [1.165, 1.54) is 48.3 Å². The second-order valence-electron chi connectivity index (χ2n) is 4.33. The van der Waals surface area contributed by atoms with Crippen molar-refractivity contribution in [1.82, 2.24) is 0 Å². The third kappa shape index (κ3) is 5.11. The molecule has 0 aromatic heterocycles. The zero-order valence-electron chi connectivity index (χ0n) is 9.45. The summed E-state index contributed by atoms with van der Waals surface area (Å²) in [5.41, 5.74) is 0. The molecule has 0 N–H and O–H groups in total. The van der Waals surface area contributed by atoms with Crippen molar-refractivity contribution in [2.75, 3.05) is 0 Å². The van der Waals surface area contributed by atoms with Crippen LogP contribution in [-0.4, -0.2) is 43.2 Å². The van der Waals surface area contributed by atoms with E-state index in [0.29, 0.717) is 5.31 Å². The fourth-order valence-corrected chi connectivity index (χ4v) is 1.58. The van der Waals surface area contributed by atoms with Gasteiger partial charge in [-0.1, -0.05) is 38.9 Å². The van der Waals surface area contributed by atoms with Gasteiger partial charge < -0.3 is 0 Å². The SMILES string of the molecule is BBBBBBC(C)(CC)CC. The molecule has 0 amide bonds. The Kier molecular flexibility index (Phi) is 7.08. The van der Waals surface area contributed by atoms with E-state index in [4.69, 9.17) is 0 Å². The summed E-state index contributed by atoms with van der Waals surface area (Å²) in [7, 11) is 9.36. The van der Waals surface area contributed by atoms with Crippen LogP contribution in [0.25, 0.3) is 0 Å². The fourth-order valence-electron chi connectivity index (χ4n) is 1.58. The molecule has 62 valence electrons. The van der Waals surface area contributed by atoms with Gasteiger partial charge in [-0.05, 0) is 0 Å². The van der Waals surface area contributed by atoms with Gasteiger partial charge in [-0.2, -0.15) is 0 Å². The summed E-state index contributed by atoms with van der Waals surface area (Å²) in [5, 5.41) is 0.633. The Balaban J connectivity index is 3.45. The van der Waals surface area contributed by atoms with Gasteiger partial charge in [-0.3, -0.25) is 0 Å². The number of hydrogen-bond acceptors (Lipinski definition) is 0. The minimum Gasteiger partial charge on any atom is -0.0673 e. The van der Waals surface area contributed by atoms with E-state index in [2.05, 4.69) is 28.5 Å². The topological polar surface area (TPSA) is 0 Å². The quantitative estimate of drug-likeness (QED) is 0.307.